The van der Waals surface area contributed by atoms with Crippen LogP contribution < -0.4 is 0 Å². The van der Waals surface area contributed by atoms with Gasteiger partial charge in [-0.15, -0.1) is 6.58 Å². The van der Waals surface area contributed by atoms with Crippen LogP contribution in [-0.2, 0) is 0 Å². The molecule has 0 saturated heterocycles. The molecule has 2 rings (SSSR count). The Morgan fingerprint density at radius 3 is 2.35 bits per heavy atom. The van der Waals surface area contributed by atoms with E-state index in [1.807, 2.05) is 6.92 Å². The summed E-state index contributed by atoms with van der Waals surface area (Å²) >= 11 is 0. The number of hydrogen-bond donors (Lipinski definition) is 3. The summed E-state index contributed by atoms with van der Waals surface area (Å²) in [7, 11) is 0. The van der Waals surface area contributed by atoms with E-state index in [2.05, 4.69) is 27.4 Å². The van der Waals surface area contributed by atoms with Gasteiger partial charge in [0.15, 0.2) is 0 Å². The highest BCUT2D eigenvalue weighted by atomic mass is 16.3. The van der Waals surface area contributed by atoms with Crippen molar-refractivity contribution in [3.8, 4) is 0 Å². The van der Waals surface area contributed by atoms with Crippen molar-refractivity contribution in [1.82, 2.24) is 0 Å². The Bertz CT molecular complexity index is 452. The molecule has 0 aromatic carbocycles. The molecule has 3 nitrogen and oxygen atoms in total. The van der Waals surface area contributed by atoms with E-state index in [-0.39, 0.29) is 22.9 Å². The second kappa shape index (κ2) is 5.86. The van der Waals surface area contributed by atoms with Gasteiger partial charge < -0.3 is 15.3 Å². The van der Waals surface area contributed by atoms with E-state index >= 15 is 0 Å². The van der Waals surface area contributed by atoms with Gasteiger partial charge in [0.25, 0.3) is 0 Å². The van der Waals surface area contributed by atoms with E-state index in [9.17, 15) is 15.3 Å². The van der Waals surface area contributed by atoms with Crippen LogP contribution in [0, 0.1) is 22.7 Å². The predicted molar refractivity (Wildman–Crippen MR) is 94.0 cm³/mol. The van der Waals surface area contributed by atoms with Crippen LogP contribution in [0.3, 0.4) is 0 Å². The van der Waals surface area contributed by atoms with Gasteiger partial charge in [-0.05, 0) is 75.0 Å². The first kappa shape index (κ1) is 19.0. The maximum atomic E-state index is 11.1. The molecule has 3 heteroatoms. The van der Waals surface area contributed by atoms with Crippen molar-refractivity contribution in [1.29, 1.82) is 0 Å². The van der Waals surface area contributed by atoms with E-state index in [1.54, 1.807) is 13.0 Å². The molecule has 0 heterocycles. The molecule has 0 bridgehead atoms. The number of hydrogen-bond acceptors (Lipinski definition) is 3. The van der Waals surface area contributed by atoms with Crippen LogP contribution in [0.5, 0.6) is 0 Å². The van der Waals surface area contributed by atoms with Crippen LogP contribution >= 0.6 is 0 Å². The van der Waals surface area contributed by atoms with Crippen molar-refractivity contribution in [2.45, 2.75) is 90.4 Å². The van der Waals surface area contributed by atoms with Crippen molar-refractivity contribution < 1.29 is 15.3 Å². The molecule has 3 N–H and O–H groups in total. The van der Waals surface area contributed by atoms with E-state index in [4.69, 9.17) is 0 Å². The standard InChI is InChI=1S/C20H36O3/c1-7-18(4,22)11-8-15-19(5)12-10-16(21)17(2,3)14(19)9-13-20(15,6)23/h7,14-16,21-23H,1,8-13H2,2-6H3. The third-order valence-electron chi connectivity index (χ3n) is 7.37. The van der Waals surface area contributed by atoms with Gasteiger partial charge in [0.1, 0.15) is 0 Å². The summed E-state index contributed by atoms with van der Waals surface area (Å²) < 4.78 is 0. The predicted octanol–water partition coefficient (Wildman–Crippen LogP) is 3.67. The first-order valence-corrected chi connectivity index (χ1v) is 9.13. The second-order valence-corrected chi connectivity index (χ2v) is 9.48. The summed E-state index contributed by atoms with van der Waals surface area (Å²) in [6, 6.07) is 0. The highest BCUT2D eigenvalue weighted by molar-refractivity contribution is 5.10. The van der Waals surface area contributed by atoms with Gasteiger partial charge in [0.05, 0.1) is 17.3 Å². The van der Waals surface area contributed by atoms with E-state index < -0.39 is 11.2 Å². The number of aliphatic hydroxyl groups excluding tert-OH is 1. The Labute approximate surface area is 141 Å². The van der Waals surface area contributed by atoms with Crippen LogP contribution in [-0.4, -0.2) is 32.6 Å². The molecule has 6 unspecified atom stereocenters. The molecule has 2 aliphatic rings. The zero-order valence-corrected chi connectivity index (χ0v) is 15.6. The fourth-order valence-electron chi connectivity index (χ4n) is 5.70. The first-order chi connectivity index (χ1) is 10.4. The van der Waals surface area contributed by atoms with Crippen molar-refractivity contribution in [2.24, 2.45) is 22.7 Å². The van der Waals surface area contributed by atoms with Crippen LogP contribution in [0.4, 0.5) is 0 Å². The fraction of sp³-hybridized carbons (Fsp3) is 0.900. The topological polar surface area (TPSA) is 60.7 Å². The minimum absolute atomic E-state index is 0.00172. The Morgan fingerprint density at radius 1 is 1.17 bits per heavy atom. The van der Waals surface area contributed by atoms with Crippen LogP contribution in [0.2, 0.25) is 0 Å². The number of aliphatic hydroxyl groups is 3. The quantitative estimate of drug-likeness (QED) is 0.692. The largest absolute Gasteiger partial charge is 0.393 e. The summed E-state index contributed by atoms with van der Waals surface area (Å²) in [4.78, 5) is 0. The number of rotatable bonds is 4. The third-order valence-corrected chi connectivity index (χ3v) is 7.37. The molecular weight excluding hydrogens is 288 g/mol. The average Bonchev–Trinajstić information content (AvgIpc) is 2.42. The van der Waals surface area contributed by atoms with Gasteiger partial charge in [0, 0.05) is 0 Å². The Kier molecular flexibility index (Phi) is 4.83. The molecule has 2 aliphatic carbocycles. The van der Waals surface area contributed by atoms with E-state index in [0.717, 1.165) is 32.1 Å². The van der Waals surface area contributed by atoms with Gasteiger partial charge >= 0.3 is 0 Å². The molecule has 0 amide bonds. The lowest BCUT2D eigenvalue weighted by molar-refractivity contribution is -0.197. The zero-order valence-electron chi connectivity index (χ0n) is 15.6. The summed E-state index contributed by atoms with van der Waals surface area (Å²) in [6.07, 6.45) is 6.20. The summed E-state index contributed by atoms with van der Waals surface area (Å²) in [6.45, 7) is 14.1. The van der Waals surface area contributed by atoms with Crippen molar-refractivity contribution in [2.75, 3.05) is 0 Å². The lowest BCUT2D eigenvalue weighted by atomic mass is 9.44. The van der Waals surface area contributed by atoms with E-state index in [0.29, 0.717) is 12.3 Å². The maximum absolute atomic E-state index is 11.1. The smallest absolute Gasteiger partial charge is 0.0797 e. The normalized spacial score (nSPS) is 45.8. The number of fused-ring (bicyclic) bond motifs is 1. The first-order valence-electron chi connectivity index (χ1n) is 9.13. The van der Waals surface area contributed by atoms with Crippen LogP contribution in [0.25, 0.3) is 0 Å². The highest BCUT2D eigenvalue weighted by Gasteiger charge is 2.59. The molecule has 0 radical (unpaired) electrons. The molecular formula is C20H36O3. The van der Waals surface area contributed by atoms with Crippen molar-refractivity contribution in [3.05, 3.63) is 12.7 Å². The molecule has 6 atom stereocenters. The molecule has 2 fully saturated rings. The second-order valence-electron chi connectivity index (χ2n) is 9.48. The summed E-state index contributed by atoms with van der Waals surface area (Å²) in [5.74, 6) is 0.532. The zero-order chi connectivity index (χ0) is 17.7. The van der Waals surface area contributed by atoms with Crippen molar-refractivity contribution in [3.63, 3.8) is 0 Å². The molecule has 0 aliphatic heterocycles. The maximum Gasteiger partial charge on any atom is 0.0797 e. The fourth-order valence-corrected chi connectivity index (χ4v) is 5.70. The monoisotopic (exact) mass is 324 g/mol. The molecule has 0 aromatic rings. The minimum atomic E-state index is -0.886. The average molecular weight is 325 g/mol. The van der Waals surface area contributed by atoms with Crippen LogP contribution in [0.1, 0.15) is 73.1 Å². The van der Waals surface area contributed by atoms with Gasteiger partial charge in [-0.1, -0.05) is 26.8 Å². The lowest BCUT2D eigenvalue weighted by Crippen LogP contribution is -2.60. The van der Waals surface area contributed by atoms with E-state index in [1.165, 1.54) is 0 Å². The SMILES string of the molecule is C=CC(C)(O)CCC1C(C)(O)CCC2C(C)(C)C(O)CCC12C. The van der Waals surface area contributed by atoms with Gasteiger partial charge in [-0.3, -0.25) is 0 Å². The summed E-state index contributed by atoms with van der Waals surface area (Å²) in [5.41, 5.74) is -1.71. The lowest BCUT2D eigenvalue weighted by Gasteiger charge is -2.62. The Hall–Kier alpha value is -0.380. The molecule has 0 aromatic heterocycles. The molecule has 2 saturated carbocycles. The van der Waals surface area contributed by atoms with Gasteiger partial charge in [0.2, 0.25) is 0 Å². The molecule has 0 spiro atoms. The highest BCUT2D eigenvalue weighted by Crippen LogP contribution is 2.63. The van der Waals surface area contributed by atoms with Crippen LogP contribution in [0.15, 0.2) is 12.7 Å². The third kappa shape index (κ3) is 3.25. The minimum Gasteiger partial charge on any atom is -0.393 e. The Morgan fingerprint density at radius 2 is 1.78 bits per heavy atom. The summed E-state index contributed by atoms with van der Waals surface area (Å²) in [5, 5.41) is 31.9. The van der Waals surface area contributed by atoms with Crippen molar-refractivity contribution >= 4 is 0 Å². The van der Waals surface area contributed by atoms with Gasteiger partial charge in [-0.25, -0.2) is 0 Å². The molecule has 134 valence electrons. The Balaban J connectivity index is 2.31. The van der Waals surface area contributed by atoms with Gasteiger partial charge in [-0.2, -0.15) is 0 Å². The molecule has 23 heavy (non-hydrogen) atoms.